The highest BCUT2D eigenvalue weighted by Crippen LogP contribution is 2.05. The summed E-state index contributed by atoms with van der Waals surface area (Å²) in [5.41, 5.74) is 1.08. The van der Waals surface area contributed by atoms with Gasteiger partial charge >= 0.3 is 0 Å². The Morgan fingerprint density at radius 3 is 3.08 bits per heavy atom. The maximum Gasteiger partial charge on any atom is 0.195 e. The second-order valence-electron chi connectivity index (χ2n) is 2.79. The van der Waals surface area contributed by atoms with Crippen LogP contribution in [0.5, 0.6) is 0 Å². The van der Waals surface area contributed by atoms with Crippen LogP contribution in [-0.4, -0.2) is 14.8 Å². The summed E-state index contributed by atoms with van der Waals surface area (Å²) in [7, 11) is 0. The van der Waals surface area contributed by atoms with Gasteiger partial charge < -0.3 is 4.42 Å². The number of hydrogen-bond donors (Lipinski definition) is 1. The first-order chi connectivity index (χ1) is 6.27. The number of aromatic amines is 1. The number of nitrogens with zero attached hydrogens (tertiary/aromatic N) is 2. The fourth-order valence-corrected chi connectivity index (χ4v) is 1.39. The number of aryl methyl sites for hydroxylation is 1. The molecule has 0 spiro atoms. The Bertz CT molecular complexity index is 440. The Labute approximate surface area is 80.2 Å². The molecule has 0 radical (unpaired) electrons. The van der Waals surface area contributed by atoms with E-state index in [1.54, 1.807) is 12.5 Å². The third-order valence-electron chi connectivity index (χ3n) is 1.87. The van der Waals surface area contributed by atoms with Gasteiger partial charge in [0.05, 0.1) is 19.1 Å². The van der Waals surface area contributed by atoms with E-state index in [9.17, 15) is 0 Å². The zero-order valence-electron chi connectivity index (χ0n) is 7.15. The van der Waals surface area contributed by atoms with Gasteiger partial charge in [0.2, 0.25) is 0 Å². The molecule has 2 aromatic heterocycles. The lowest BCUT2D eigenvalue weighted by atomic mass is 10.3. The lowest BCUT2D eigenvalue weighted by Crippen LogP contribution is -2.00. The molecule has 2 aromatic rings. The van der Waals surface area contributed by atoms with Crippen molar-refractivity contribution in [2.45, 2.75) is 13.5 Å². The first kappa shape index (κ1) is 8.25. The molecule has 13 heavy (non-hydrogen) atoms. The molecule has 5 heteroatoms. The van der Waals surface area contributed by atoms with E-state index in [1.165, 1.54) is 0 Å². The SMILES string of the molecule is Cc1n[nH]c(=S)n1Cc1ccoc1. The van der Waals surface area contributed by atoms with Crippen LogP contribution in [0.4, 0.5) is 0 Å². The average Bonchev–Trinajstić information content (AvgIpc) is 2.70. The molecule has 4 nitrogen and oxygen atoms in total. The van der Waals surface area contributed by atoms with Gasteiger partial charge in [-0.15, -0.1) is 0 Å². The molecule has 0 bridgehead atoms. The Morgan fingerprint density at radius 2 is 2.54 bits per heavy atom. The highest BCUT2D eigenvalue weighted by Gasteiger charge is 2.02. The topological polar surface area (TPSA) is 46.8 Å². The van der Waals surface area contributed by atoms with Crippen LogP contribution in [0.1, 0.15) is 11.4 Å². The van der Waals surface area contributed by atoms with E-state index < -0.39 is 0 Å². The summed E-state index contributed by atoms with van der Waals surface area (Å²) in [5.74, 6) is 0.881. The first-order valence-electron chi connectivity index (χ1n) is 3.90. The molecule has 0 saturated heterocycles. The van der Waals surface area contributed by atoms with Crippen molar-refractivity contribution in [2.75, 3.05) is 0 Å². The fraction of sp³-hybridized carbons (Fsp3) is 0.250. The molecule has 0 aliphatic rings. The lowest BCUT2D eigenvalue weighted by molar-refractivity contribution is 0.561. The largest absolute Gasteiger partial charge is 0.472 e. The number of rotatable bonds is 2. The van der Waals surface area contributed by atoms with Crippen molar-refractivity contribution in [2.24, 2.45) is 0 Å². The van der Waals surface area contributed by atoms with Gasteiger partial charge in [0.1, 0.15) is 5.82 Å². The maximum atomic E-state index is 5.06. The van der Waals surface area contributed by atoms with Crippen molar-refractivity contribution >= 4 is 12.2 Å². The van der Waals surface area contributed by atoms with Crippen molar-refractivity contribution in [1.29, 1.82) is 0 Å². The molecule has 0 aromatic carbocycles. The molecule has 0 aliphatic heterocycles. The third-order valence-corrected chi connectivity index (χ3v) is 2.18. The zero-order chi connectivity index (χ0) is 9.26. The van der Waals surface area contributed by atoms with Crippen LogP contribution in [0, 0.1) is 11.7 Å². The highest BCUT2D eigenvalue weighted by atomic mass is 32.1. The van der Waals surface area contributed by atoms with Gasteiger partial charge in [-0.25, -0.2) is 0 Å². The summed E-state index contributed by atoms with van der Waals surface area (Å²) in [6.07, 6.45) is 3.35. The minimum Gasteiger partial charge on any atom is -0.472 e. The number of hydrogen-bond acceptors (Lipinski definition) is 3. The molecule has 0 atom stereocenters. The van der Waals surface area contributed by atoms with Crippen LogP contribution in [0.15, 0.2) is 23.0 Å². The minimum absolute atomic E-state index is 0.638. The second-order valence-corrected chi connectivity index (χ2v) is 3.18. The molecule has 1 N–H and O–H groups in total. The van der Waals surface area contributed by atoms with Crippen molar-refractivity contribution in [1.82, 2.24) is 14.8 Å². The summed E-state index contributed by atoms with van der Waals surface area (Å²) < 4.78 is 7.52. The molecular weight excluding hydrogens is 186 g/mol. The first-order valence-corrected chi connectivity index (χ1v) is 4.31. The molecule has 0 aliphatic carbocycles. The summed E-state index contributed by atoms with van der Waals surface area (Å²) in [6.45, 7) is 2.62. The quantitative estimate of drug-likeness (QED) is 0.744. The molecule has 68 valence electrons. The predicted octanol–water partition coefficient (Wildman–Crippen LogP) is 1.89. The Balaban J connectivity index is 2.33. The van der Waals surface area contributed by atoms with Gasteiger partial charge in [-0.2, -0.15) is 5.10 Å². The van der Waals surface area contributed by atoms with Gasteiger partial charge in [0.15, 0.2) is 4.77 Å². The van der Waals surface area contributed by atoms with Crippen molar-refractivity contribution < 1.29 is 4.42 Å². The normalized spacial score (nSPS) is 10.5. The van der Waals surface area contributed by atoms with Crippen LogP contribution in [0.3, 0.4) is 0 Å². The standard InChI is InChI=1S/C8H9N3OS/c1-6-9-10-8(13)11(6)4-7-2-3-12-5-7/h2-3,5H,4H2,1H3,(H,10,13). The van der Waals surface area contributed by atoms with Crippen molar-refractivity contribution in [3.05, 3.63) is 34.8 Å². The highest BCUT2D eigenvalue weighted by molar-refractivity contribution is 7.71. The average molecular weight is 195 g/mol. The van der Waals surface area contributed by atoms with E-state index in [-0.39, 0.29) is 0 Å². The van der Waals surface area contributed by atoms with Gasteiger partial charge in [-0.3, -0.25) is 9.67 Å². The zero-order valence-corrected chi connectivity index (χ0v) is 7.97. The van der Waals surface area contributed by atoms with E-state index in [0.29, 0.717) is 11.3 Å². The monoisotopic (exact) mass is 195 g/mol. The molecule has 0 amide bonds. The summed E-state index contributed by atoms with van der Waals surface area (Å²) in [4.78, 5) is 0. The summed E-state index contributed by atoms with van der Waals surface area (Å²) in [5, 5.41) is 6.75. The molecule has 2 heterocycles. The van der Waals surface area contributed by atoms with Crippen LogP contribution in [0.25, 0.3) is 0 Å². The fourth-order valence-electron chi connectivity index (χ4n) is 1.15. The number of furan rings is 1. The van der Waals surface area contributed by atoms with E-state index in [1.807, 2.05) is 17.6 Å². The Hall–Kier alpha value is -1.36. The van der Waals surface area contributed by atoms with Crippen LogP contribution in [-0.2, 0) is 6.54 Å². The van der Waals surface area contributed by atoms with Crippen LogP contribution < -0.4 is 0 Å². The third kappa shape index (κ3) is 1.55. The van der Waals surface area contributed by atoms with Gasteiger partial charge in [-0.1, -0.05) is 0 Å². The Morgan fingerprint density at radius 1 is 1.69 bits per heavy atom. The van der Waals surface area contributed by atoms with Crippen molar-refractivity contribution in [3.8, 4) is 0 Å². The van der Waals surface area contributed by atoms with E-state index in [2.05, 4.69) is 10.2 Å². The summed E-state index contributed by atoms with van der Waals surface area (Å²) in [6, 6.07) is 1.91. The van der Waals surface area contributed by atoms with E-state index >= 15 is 0 Å². The predicted molar refractivity (Wildman–Crippen MR) is 50.0 cm³/mol. The maximum absolute atomic E-state index is 5.06. The molecule has 0 saturated carbocycles. The summed E-state index contributed by atoms with van der Waals surface area (Å²) >= 11 is 5.06. The van der Waals surface area contributed by atoms with Crippen LogP contribution in [0.2, 0.25) is 0 Å². The van der Waals surface area contributed by atoms with Gasteiger partial charge in [0.25, 0.3) is 0 Å². The van der Waals surface area contributed by atoms with E-state index in [4.69, 9.17) is 16.6 Å². The molecule has 0 unspecified atom stereocenters. The van der Waals surface area contributed by atoms with Gasteiger partial charge in [0, 0.05) is 5.56 Å². The Kier molecular flexibility index (Phi) is 2.02. The van der Waals surface area contributed by atoms with Crippen molar-refractivity contribution in [3.63, 3.8) is 0 Å². The second kappa shape index (κ2) is 3.18. The molecule has 0 fully saturated rings. The molecular formula is C8H9N3OS. The van der Waals surface area contributed by atoms with Crippen LogP contribution >= 0.6 is 12.2 Å². The van der Waals surface area contributed by atoms with E-state index in [0.717, 1.165) is 11.4 Å². The minimum atomic E-state index is 0.638. The number of H-pyrrole nitrogens is 1. The smallest absolute Gasteiger partial charge is 0.195 e. The number of aromatic nitrogens is 3. The number of nitrogens with one attached hydrogen (secondary N) is 1. The molecule has 2 rings (SSSR count). The van der Waals surface area contributed by atoms with Gasteiger partial charge in [-0.05, 0) is 25.2 Å². The lowest BCUT2D eigenvalue weighted by Gasteiger charge is -1.99.